The van der Waals surface area contributed by atoms with E-state index >= 15 is 0 Å². The predicted molar refractivity (Wildman–Crippen MR) is 49.7 cm³/mol. The molecule has 0 unspecified atom stereocenters. The van der Waals surface area contributed by atoms with Crippen LogP contribution in [0.3, 0.4) is 0 Å². The predicted octanol–water partition coefficient (Wildman–Crippen LogP) is 2.58. The van der Waals surface area contributed by atoms with Crippen molar-refractivity contribution in [3.63, 3.8) is 0 Å². The molecule has 0 spiro atoms. The van der Waals surface area contributed by atoms with E-state index in [9.17, 15) is 18.0 Å². The third kappa shape index (κ3) is 2.50. The van der Waals surface area contributed by atoms with Crippen LogP contribution in [-0.2, 0) is 16.0 Å². The van der Waals surface area contributed by atoms with Crippen molar-refractivity contribution in [1.82, 2.24) is 0 Å². The summed E-state index contributed by atoms with van der Waals surface area (Å²) in [5.41, 5.74) is -0.00162. The molecule has 1 aromatic carbocycles. The molecule has 0 radical (unpaired) electrons. The van der Waals surface area contributed by atoms with E-state index in [1.54, 1.807) is 0 Å². The number of ether oxygens (including phenoxy) is 1. The van der Waals surface area contributed by atoms with Crippen LogP contribution in [0.15, 0.2) is 10.5 Å². The second kappa shape index (κ2) is 4.65. The summed E-state index contributed by atoms with van der Waals surface area (Å²) in [6, 6.07) is 0.749. The van der Waals surface area contributed by atoms with E-state index in [2.05, 4.69) is 20.7 Å². The maximum atomic E-state index is 13.0. The van der Waals surface area contributed by atoms with Gasteiger partial charge in [0.25, 0.3) is 0 Å². The molecule has 2 nitrogen and oxygen atoms in total. The number of methoxy groups -OCH3 is 1. The molecule has 0 bridgehead atoms. The normalized spacial score (nSPS) is 10.2. The van der Waals surface area contributed by atoms with Crippen LogP contribution in [-0.4, -0.2) is 13.1 Å². The van der Waals surface area contributed by atoms with Crippen molar-refractivity contribution in [1.29, 1.82) is 0 Å². The van der Waals surface area contributed by atoms with Gasteiger partial charge in [-0.15, -0.1) is 0 Å². The SMILES string of the molecule is COC(=O)Cc1cc(F)c(F)c(F)c1Br. The number of esters is 1. The van der Waals surface area contributed by atoms with E-state index in [1.165, 1.54) is 0 Å². The summed E-state index contributed by atoms with van der Waals surface area (Å²) in [6.07, 6.45) is -0.328. The lowest BCUT2D eigenvalue weighted by atomic mass is 10.1. The molecule has 15 heavy (non-hydrogen) atoms. The standard InChI is InChI=1S/C9H6BrF3O2/c1-15-6(14)3-4-2-5(11)8(12)9(13)7(4)10/h2H,3H2,1H3. The molecular weight excluding hydrogens is 277 g/mol. The third-order valence-electron chi connectivity index (χ3n) is 1.74. The van der Waals surface area contributed by atoms with Crippen LogP contribution in [0.1, 0.15) is 5.56 Å². The maximum absolute atomic E-state index is 13.0. The zero-order valence-corrected chi connectivity index (χ0v) is 9.20. The van der Waals surface area contributed by atoms with Gasteiger partial charge in [-0.05, 0) is 27.6 Å². The Bertz CT molecular complexity index is 407. The minimum absolute atomic E-state index is 0.00162. The van der Waals surface area contributed by atoms with Gasteiger partial charge in [0.15, 0.2) is 17.5 Å². The Balaban J connectivity index is 3.15. The van der Waals surface area contributed by atoms with Crippen LogP contribution in [0, 0.1) is 17.5 Å². The van der Waals surface area contributed by atoms with E-state index < -0.39 is 23.4 Å². The molecule has 0 saturated heterocycles. The van der Waals surface area contributed by atoms with Crippen LogP contribution >= 0.6 is 15.9 Å². The molecule has 1 rings (SSSR count). The van der Waals surface area contributed by atoms with Crippen molar-refractivity contribution in [3.8, 4) is 0 Å². The van der Waals surface area contributed by atoms with Crippen LogP contribution in [0.5, 0.6) is 0 Å². The number of carbonyl (C=O) groups is 1. The highest BCUT2D eigenvalue weighted by Gasteiger charge is 2.18. The van der Waals surface area contributed by atoms with Crippen molar-refractivity contribution < 1.29 is 22.7 Å². The summed E-state index contributed by atoms with van der Waals surface area (Å²) in [7, 11) is 1.15. The molecule has 6 heteroatoms. The first kappa shape index (κ1) is 12.0. The Morgan fingerprint density at radius 3 is 2.53 bits per heavy atom. The molecule has 0 aliphatic heterocycles. The second-order valence-electron chi connectivity index (χ2n) is 2.71. The molecule has 0 aromatic heterocycles. The van der Waals surface area contributed by atoms with Crippen LogP contribution < -0.4 is 0 Å². The molecule has 0 aliphatic rings. The van der Waals surface area contributed by atoms with Crippen molar-refractivity contribution in [2.24, 2.45) is 0 Å². The lowest BCUT2D eigenvalue weighted by Crippen LogP contribution is -2.07. The minimum Gasteiger partial charge on any atom is -0.469 e. The summed E-state index contributed by atoms with van der Waals surface area (Å²) in [6.45, 7) is 0. The van der Waals surface area contributed by atoms with Crippen LogP contribution in [0.4, 0.5) is 13.2 Å². The molecule has 0 fully saturated rings. The maximum Gasteiger partial charge on any atom is 0.310 e. The first-order chi connectivity index (χ1) is 6.97. The zero-order chi connectivity index (χ0) is 11.6. The number of halogens is 4. The van der Waals surface area contributed by atoms with Gasteiger partial charge in [0, 0.05) is 0 Å². The van der Waals surface area contributed by atoms with Crippen LogP contribution in [0.2, 0.25) is 0 Å². The zero-order valence-electron chi connectivity index (χ0n) is 7.61. The van der Waals surface area contributed by atoms with Gasteiger partial charge in [0.1, 0.15) is 0 Å². The van der Waals surface area contributed by atoms with E-state index in [4.69, 9.17) is 0 Å². The average Bonchev–Trinajstić information content (AvgIpc) is 2.22. The van der Waals surface area contributed by atoms with Gasteiger partial charge in [0.05, 0.1) is 18.0 Å². The molecule has 0 heterocycles. The first-order valence-corrected chi connectivity index (χ1v) is 4.65. The molecule has 0 amide bonds. The van der Waals surface area contributed by atoms with Gasteiger partial charge >= 0.3 is 5.97 Å². The van der Waals surface area contributed by atoms with E-state index in [1.807, 2.05) is 0 Å². The Labute approximate surface area is 92.2 Å². The molecule has 0 aliphatic carbocycles. The fourth-order valence-corrected chi connectivity index (χ4v) is 1.41. The Kier molecular flexibility index (Phi) is 3.73. The molecule has 1 aromatic rings. The van der Waals surface area contributed by atoms with Crippen molar-refractivity contribution in [2.45, 2.75) is 6.42 Å². The Morgan fingerprint density at radius 1 is 1.40 bits per heavy atom. The fraction of sp³-hybridized carbons (Fsp3) is 0.222. The van der Waals surface area contributed by atoms with Gasteiger partial charge in [-0.2, -0.15) is 0 Å². The summed E-state index contributed by atoms with van der Waals surface area (Å²) in [5.74, 6) is -4.93. The smallest absolute Gasteiger partial charge is 0.310 e. The van der Waals surface area contributed by atoms with Gasteiger partial charge in [-0.3, -0.25) is 4.79 Å². The average molecular weight is 283 g/mol. The van der Waals surface area contributed by atoms with Crippen molar-refractivity contribution in [2.75, 3.05) is 7.11 Å². The second-order valence-corrected chi connectivity index (χ2v) is 3.51. The summed E-state index contributed by atoms with van der Waals surface area (Å²) in [4.78, 5) is 10.9. The topological polar surface area (TPSA) is 26.3 Å². The quantitative estimate of drug-likeness (QED) is 0.474. The molecule has 82 valence electrons. The van der Waals surface area contributed by atoms with E-state index in [0.717, 1.165) is 13.2 Å². The van der Waals surface area contributed by atoms with Gasteiger partial charge in [-0.1, -0.05) is 0 Å². The van der Waals surface area contributed by atoms with Crippen LogP contribution in [0.25, 0.3) is 0 Å². The summed E-state index contributed by atoms with van der Waals surface area (Å²) >= 11 is 2.73. The molecule has 0 saturated carbocycles. The highest BCUT2D eigenvalue weighted by molar-refractivity contribution is 9.10. The lowest BCUT2D eigenvalue weighted by Gasteiger charge is -2.05. The number of carbonyl (C=O) groups excluding carboxylic acids is 1. The third-order valence-corrected chi connectivity index (χ3v) is 2.60. The molecule has 0 atom stereocenters. The lowest BCUT2D eigenvalue weighted by molar-refractivity contribution is -0.139. The summed E-state index contributed by atoms with van der Waals surface area (Å²) < 4.78 is 42.5. The van der Waals surface area contributed by atoms with Crippen molar-refractivity contribution >= 4 is 21.9 Å². The highest BCUT2D eigenvalue weighted by atomic mass is 79.9. The van der Waals surface area contributed by atoms with E-state index in [0.29, 0.717) is 0 Å². The Hall–Kier alpha value is -1.04. The number of rotatable bonds is 2. The summed E-state index contributed by atoms with van der Waals surface area (Å²) in [5, 5.41) is 0. The van der Waals surface area contributed by atoms with Gasteiger partial charge < -0.3 is 4.74 Å². The number of hydrogen-bond acceptors (Lipinski definition) is 2. The number of benzene rings is 1. The molecular formula is C9H6BrF3O2. The minimum atomic E-state index is -1.57. The largest absolute Gasteiger partial charge is 0.469 e. The number of hydrogen-bond donors (Lipinski definition) is 0. The first-order valence-electron chi connectivity index (χ1n) is 3.86. The monoisotopic (exact) mass is 282 g/mol. The molecule has 0 N–H and O–H groups in total. The van der Waals surface area contributed by atoms with Gasteiger partial charge in [-0.25, -0.2) is 13.2 Å². The highest BCUT2D eigenvalue weighted by Crippen LogP contribution is 2.25. The van der Waals surface area contributed by atoms with Gasteiger partial charge in [0.2, 0.25) is 0 Å². The Morgan fingerprint density at radius 2 is 2.00 bits per heavy atom. The van der Waals surface area contributed by atoms with Crippen molar-refractivity contribution in [3.05, 3.63) is 33.6 Å². The van der Waals surface area contributed by atoms with E-state index in [-0.39, 0.29) is 16.5 Å². The fourth-order valence-electron chi connectivity index (χ4n) is 0.978.